The van der Waals surface area contributed by atoms with Gasteiger partial charge in [0.25, 0.3) is 0 Å². The van der Waals surface area contributed by atoms with Crippen LogP contribution in [-0.2, 0) is 0 Å². The summed E-state index contributed by atoms with van der Waals surface area (Å²) in [4.78, 5) is 0. The van der Waals surface area contributed by atoms with E-state index in [1.807, 2.05) is 0 Å². The molecular formula is C8H17NO. The quantitative estimate of drug-likeness (QED) is 0.615. The Morgan fingerprint density at radius 1 is 1.50 bits per heavy atom. The normalized spacial score (nSPS) is 33.0. The van der Waals surface area contributed by atoms with Crippen LogP contribution in [0.4, 0.5) is 0 Å². The summed E-state index contributed by atoms with van der Waals surface area (Å²) >= 11 is 0. The van der Waals surface area contributed by atoms with Gasteiger partial charge in [-0.05, 0) is 32.2 Å². The zero-order valence-electron chi connectivity index (χ0n) is 6.64. The lowest BCUT2D eigenvalue weighted by Gasteiger charge is -2.15. The highest BCUT2D eigenvalue weighted by molar-refractivity contribution is 4.81. The molecule has 2 nitrogen and oxygen atoms in total. The highest BCUT2D eigenvalue weighted by Gasteiger charge is 2.23. The Morgan fingerprint density at radius 3 is 2.80 bits per heavy atom. The molecule has 0 unspecified atom stereocenters. The molecule has 1 aliphatic carbocycles. The molecule has 2 heteroatoms. The molecule has 1 saturated carbocycles. The van der Waals surface area contributed by atoms with E-state index in [0.717, 1.165) is 25.8 Å². The van der Waals surface area contributed by atoms with E-state index in [0.29, 0.717) is 6.04 Å². The summed E-state index contributed by atoms with van der Waals surface area (Å²) in [7, 11) is 0. The van der Waals surface area contributed by atoms with Crippen molar-refractivity contribution in [1.82, 2.24) is 5.32 Å². The molecule has 0 aromatic rings. The Balaban J connectivity index is 2.14. The summed E-state index contributed by atoms with van der Waals surface area (Å²) in [5.74, 6) is 0. The summed E-state index contributed by atoms with van der Waals surface area (Å²) in [5.41, 5.74) is 0. The fourth-order valence-corrected chi connectivity index (χ4v) is 1.51. The molecule has 0 amide bonds. The van der Waals surface area contributed by atoms with Crippen molar-refractivity contribution in [3.8, 4) is 0 Å². The first-order valence-electron chi connectivity index (χ1n) is 4.26. The van der Waals surface area contributed by atoms with Crippen LogP contribution in [0.15, 0.2) is 0 Å². The van der Waals surface area contributed by atoms with Gasteiger partial charge in [-0.2, -0.15) is 0 Å². The minimum atomic E-state index is -0.0773. The van der Waals surface area contributed by atoms with Crippen molar-refractivity contribution in [2.24, 2.45) is 0 Å². The van der Waals surface area contributed by atoms with Crippen molar-refractivity contribution in [2.75, 3.05) is 6.54 Å². The molecular weight excluding hydrogens is 126 g/mol. The second-order valence-corrected chi connectivity index (χ2v) is 3.06. The topological polar surface area (TPSA) is 32.3 Å². The lowest BCUT2D eigenvalue weighted by molar-refractivity contribution is 0.149. The molecule has 1 fully saturated rings. The minimum Gasteiger partial charge on any atom is -0.392 e. The number of aliphatic hydroxyl groups excluding tert-OH is 1. The number of hydrogen-bond donors (Lipinski definition) is 2. The predicted molar refractivity (Wildman–Crippen MR) is 41.9 cm³/mol. The Kier molecular flexibility index (Phi) is 3.16. The highest BCUT2D eigenvalue weighted by Crippen LogP contribution is 2.18. The first kappa shape index (κ1) is 8.02. The lowest BCUT2D eigenvalue weighted by Crippen LogP contribution is -2.35. The molecule has 10 heavy (non-hydrogen) atoms. The van der Waals surface area contributed by atoms with Gasteiger partial charge in [0.05, 0.1) is 6.10 Å². The van der Waals surface area contributed by atoms with E-state index < -0.39 is 0 Å². The molecule has 60 valence electrons. The van der Waals surface area contributed by atoms with Gasteiger partial charge < -0.3 is 10.4 Å². The van der Waals surface area contributed by atoms with Gasteiger partial charge in [-0.1, -0.05) is 6.92 Å². The molecule has 0 bridgehead atoms. The Hall–Kier alpha value is -0.0800. The standard InChI is InChI=1S/C8H17NO/c1-2-6-9-7-4-3-5-8(7)10/h7-10H,2-6H2,1H3/t7-,8-/m0/s1. The summed E-state index contributed by atoms with van der Waals surface area (Å²) in [6, 6.07) is 0.389. The van der Waals surface area contributed by atoms with Gasteiger partial charge in [0.2, 0.25) is 0 Å². The largest absolute Gasteiger partial charge is 0.392 e. The van der Waals surface area contributed by atoms with E-state index in [1.165, 1.54) is 6.42 Å². The van der Waals surface area contributed by atoms with E-state index in [-0.39, 0.29) is 6.10 Å². The maximum Gasteiger partial charge on any atom is 0.0693 e. The molecule has 1 rings (SSSR count). The van der Waals surface area contributed by atoms with E-state index in [9.17, 15) is 5.11 Å². The van der Waals surface area contributed by atoms with Crippen LogP contribution in [0.2, 0.25) is 0 Å². The third-order valence-corrected chi connectivity index (χ3v) is 2.14. The predicted octanol–water partition coefficient (Wildman–Crippen LogP) is 0.899. The zero-order chi connectivity index (χ0) is 7.40. The fraction of sp³-hybridized carbons (Fsp3) is 1.00. The molecule has 2 N–H and O–H groups in total. The van der Waals surface area contributed by atoms with Gasteiger partial charge in [0.15, 0.2) is 0 Å². The monoisotopic (exact) mass is 143 g/mol. The van der Waals surface area contributed by atoms with Crippen LogP contribution in [0.1, 0.15) is 32.6 Å². The Morgan fingerprint density at radius 2 is 2.30 bits per heavy atom. The molecule has 0 aromatic carbocycles. The van der Waals surface area contributed by atoms with E-state index in [1.54, 1.807) is 0 Å². The summed E-state index contributed by atoms with van der Waals surface area (Å²) in [6.45, 7) is 3.19. The number of aliphatic hydroxyl groups is 1. The van der Waals surface area contributed by atoms with Crippen LogP contribution in [0, 0.1) is 0 Å². The van der Waals surface area contributed by atoms with Crippen LogP contribution in [0.3, 0.4) is 0 Å². The van der Waals surface area contributed by atoms with Crippen LogP contribution in [-0.4, -0.2) is 23.8 Å². The average Bonchev–Trinajstić information content (AvgIpc) is 2.31. The lowest BCUT2D eigenvalue weighted by atomic mass is 10.2. The van der Waals surface area contributed by atoms with Crippen LogP contribution in [0.5, 0.6) is 0 Å². The Bertz CT molecular complexity index is 95.3. The van der Waals surface area contributed by atoms with Gasteiger partial charge >= 0.3 is 0 Å². The van der Waals surface area contributed by atoms with E-state index >= 15 is 0 Å². The Labute approximate surface area is 62.6 Å². The van der Waals surface area contributed by atoms with Gasteiger partial charge in [-0.15, -0.1) is 0 Å². The van der Waals surface area contributed by atoms with E-state index in [4.69, 9.17) is 0 Å². The van der Waals surface area contributed by atoms with Crippen molar-refractivity contribution in [1.29, 1.82) is 0 Å². The molecule has 1 aliphatic rings. The zero-order valence-corrected chi connectivity index (χ0v) is 6.64. The number of nitrogens with one attached hydrogen (secondary N) is 1. The number of hydrogen-bond acceptors (Lipinski definition) is 2. The number of rotatable bonds is 3. The van der Waals surface area contributed by atoms with Crippen LogP contribution < -0.4 is 5.32 Å². The SMILES string of the molecule is CCCN[C@H]1CCC[C@@H]1O. The van der Waals surface area contributed by atoms with Crippen LogP contribution in [0.25, 0.3) is 0 Å². The summed E-state index contributed by atoms with van der Waals surface area (Å²) < 4.78 is 0. The molecule has 0 aliphatic heterocycles. The van der Waals surface area contributed by atoms with Crippen molar-refractivity contribution in [3.63, 3.8) is 0 Å². The second-order valence-electron chi connectivity index (χ2n) is 3.06. The fourth-order valence-electron chi connectivity index (χ4n) is 1.51. The van der Waals surface area contributed by atoms with Crippen molar-refractivity contribution >= 4 is 0 Å². The van der Waals surface area contributed by atoms with Crippen LogP contribution >= 0.6 is 0 Å². The van der Waals surface area contributed by atoms with Gasteiger partial charge in [0.1, 0.15) is 0 Å². The highest BCUT2D eigenvalue weighted by atomic mass is 16.3. The molecule has 2 atom stereocenters. The third kappa shape index (κ3) is 1.96. The minimum absolute atomic E-state index is 0.0773. The molecule has 0 heterocycles. The third-order valence-electron chi connectivity index (χ3n) is 2.14. The average molecular weight is 143 g/mol. The maximum absolute atomic E-state index is 9.35. The smallest absolute Gasteiger partial charge is 0.0693 e. The van der Waals surface area contributed by atoms with Crippen molar-refractivity contribution in [3.05, 3.63) is 0 Å². The maximum atomic E-state index is 9.35. The summed E-state index contributed by atoms with van der Waals surface area (Å²) in [6.07, 6.45) is 4.40. The molecule has 0 spiro atoms. The van der Waals surface area contributed by atoms with E-state index in [2.05, 4.69) is 12.2 Å². The summed E-state index contributed by atoms with van der Waals surface area (Å²) in [5, 5.41) is 12.7. The molecule has 0 radical (unpaired) electrons. The second kappa shape index (κ2) is 3.94. The molecule has 0 aromatic heterocycles. The van der Waals surface area contributed by atoms with Crippen molar-refractivity contribution in [2.45, 2.75) is 44.8 Å². The first-order chi connectivity index (χ1) is 4.84. The van der Waals surface area contributed by atoms with Gasteiger partial charge in [-0.3, -0.25) is 0 Å². The van der Waals surface area contributed by atoms with Gasteiger partial charge in [0, 0.05) is 6.04 Å². The first-order valence-corrected chi connectivity index (χ1v) is 4.26. The van der Waals surface area contributed by atoms with Gasteiger partial charge in [-0.25, -0.2) is 0 Å². The van der Waals surface area contributed by atoms with Crippen molar-refractivity contribution < 1.29 is 5.11 Å². The molecule has 0 saturated heterocycles.